The van der Waals surface area contributed by atoms with Gasteiger partial charge in [0.15, 0.2) is 5.78 Å². The highest BCUT2D eigenvalue weighted by atomic mass is 35.5. The van der Waals surface area contributed by atoms with E-state index in [9.17, 15) is 4.79 Å². The molecule has 0 N–H and O–H groups in total. The quantitative estimate of drug-likeness (QED) is 0.406. The Morgan fingerprint density at radius 1 is 1.54 bits per heavy atom. The van der Waals surface area contributed by atoms with Gasteiger partial charge in [0.1, 0.15) is 0 Å². The highest BCUT2D eigenvalue weighted by molar-refractivity contribution is 6.17. The van der Waals surface area contributed by atoms with Crippen molar-refractivity contribution in [2.45, 2.75) is 26.3 Å². The Labute approximate surface area is 83.5 Å². The van der Waals surface area contributed by atoms with Crippen molar-refractivity contribution < 1.29 is 4.79 Å². The molecule has 0 bridgehead atoms. The topological polar surface area (TPSA) is 22.0 Å². The van der Waals surface area contributed by atoms with E-state index in [0.717, 1.165) is 25.1 Å². The number of ketones is 1. The van der Waals surface area contributed by atoms with Gasteiger partial charge in [0.2, 0.25) is 0 Å². The molecular formula is C10H14ClNO. The maximum absolute atomic E-state index is 11.1. The first-order valence-electron chi connectivity index (χ1n) is 4.47. The first kappa shape index (κ1) is 10.3. The van der Waals surface area contributed by atoms with E-state index in [1.165, 1.54) is 0 Å². The van der Waals surface area contributed by atoms with E-state index in [-0.39, 0.29) is 5.78 Å². The molecule has 72 valence electrons. The van der Waals surface area contributed by atoms with Gasteiger partial charge in [0, 0.05) is 25.5 Å². The molecule has 0 aliphatic carbocycles. The lowest BCUT2D eigenvalue weighted by Gasteiger charge is -2.05. The number of hydrogen-bond acceptors (Lipinski definition) is 1. The molecular weight excluding hydrogens is 186 g/mol. The Kier molecular flexibility index (Phi) is 4.03. The number of alkyl halides is 1. The molecule has 0 aliphatic rings. The average molecular weight is 200 g/mol. The Balaban J connectivity index is 2.55. The van der Waals surface area contributed by atoms with Crippen LogP contribution in [-0.2, 0) is 6.54 Å². The van der Waals surface area contributed by atoms with Crippen molar-refractivity contribution in [3.05, 3.63) is 24.0 Å². The minimum absolute atomic E-state index is 0.121. The van der Waals surface area contributed by atoms with Gasteiger partial charge >= 0.3 is 0 Å². The largest absolute Gasteiger partial charge is 0.345 e. The summed E-state index contributed by atoms with van der Waals surface area (Å²) in [6.45, 7) is 2.47. The van der Waals surface area contributed by atoms with Crippen molar-refractivity contribution >= 4 is 17.4 Å². The van der Waals surface area contributed by atoms with Gasteiger partial charge in [-0.1, -0.05) is 0 Å². The minimum Gasteiger partial charge on any atom is -0.345 e. The lowest BCUT2D eigenvalue weighted by molar-refractivity contribution is 0.100. The van der Waals surface area contributed by atoms with Crippen LogP contribution in [-0.4, -0.2) is 16.2 Å². The Morgan fingerprint density at radius 2 is 2.31 bits per heavy atom. The monoisotopic (exact) mass is 199 g/mol. The fraction of sp³-hybridized carbons (Fsp3) is 0.500. The maximum Gasteiger partial charge on any atom is 0.176 e. The second-order valence-corrected chi connectivity index (χ2v) is 3.42. The predicted octanol–water partition coefficient (Wildman–Crippen LogP) is 2.71. The third-order valence-electron chi connectivity index (χ3n) is 1.97. The van der Waals surface area contributed by atoms with Crippen molar-refractivity contribution in [1.29, 1.82) is 0 Å². The molecule has 0 amide bonds. The summed E-state index contributed by atoms with van der Waals surface area (Å²) in [5.74, 6) is 0.812. The van der Waals surface area contributed by atoms with Crippen molar-refractivity contribution in [3.8, 4) is 0 Å². The van der Waals surface area contributed by atoms with Crippen LogP contribution in [0.15, 0.2) is 18.3 Å². The number of nitrogens with zero attached hydrogens (tertiary/aromatic N) is 1. The van der Waals surface area contributed by atoms with Crippen molar-refractivity contribution in [3.63, 3.8) is 0 Å². The minimum atomic E-state index is 0.121. The predicted molar refractivity (Wildman–Crippen MR) is 54.4 cm³/mol. The molecule has 0 spiro atoms. The highest BCUT2D eigenvalue weighted by Gasteiger charge is 2.04. The van der Waals surface area contributed by atoms with Gasteiger partial charge in [0.25, 0.3) is 0 Å². The van der Waals surface area contributed by atoms with Crippen LogP contribution >= 0.6 is 11.6 Å². The van der Waals surface area contributed by atoms with Crippen LogP contribution in [0.2, 0.25) is 0 Å². The second kappa shape index (κ2) is 5.07. The van der Waals surface area contributed by atoms with Gasteiger partial charge in [-0.05, 0) is 25.0 Å². The Morgan fingerprint density at radius 3 is 2.92 bits per heavy atom. The number of Topliss-reactive ketones (excluding diaryl/α,β-unsaturated/α-hetero) is 1. The number of rotatable bonds is 5. The maximum atomic E-state index is 11.1. The van der Waals surface area contributed by atoms with Crippen molar-refractivity contribution in [1.82, 2.24) is 4.57 Å². The molecule has 0 unspecified atom stereocenters. The fourth-order valence-corrected chi connectivity index (χ4v) is 1.49. The summed E-state index contributed by atoms with van der Waals surface area (Å²) >= 11 is 5.57. The smallest absolute Gasteiger partial charge is 0.176 e. The van der Waals surface area contributed by atoms with E-state index in [1.807, 2.05) is 22.9 Å². The standard InChI is InChI=1S/C10H14ClNO/c1-9(13)10-5-4-8-12(10)7-3-2-6-11/h4-5,8H,2-3,6-7H2,1H3. The summed E-state index contributed by atoms with van der Waals surface area (Å²) in [6.07, 6.45) is 3.96. The summed E-state index contributed by atoms with van der Waals surface area (Å²) in [5.41, 5.74) is 0.787. The van der Waals surface area contributed by atoms with Crippen LogP contribution in [0.4, 0.5) is 0 Å². The molecule has 3 heteroatoms. The number of halogens is 1. The van der Waals surface area contributed by atoms with E-state index >= 15 is 0 Å². The van der Waals surface area contributed by atoms with Crippen LogP contribution in [0.3, 0.4) is 0 Å². The van der Waals surface area contributed by atoms with Crippen LogP contribution in [0.5, 0.6) is 0 Å². The Bertz CT molecular complexity index is 280. The fourth-order valence-electron chi connectivity index (χ4n) is 1.31. The number of unbranched alkanes of at least 4 members (excludes halogenated alkanes) is 1. The molecule has 0 fully saturated rings. The lowest BCUT2D eigenvalue weighted by Crippen LogP contribution is -2.05. The van der Waals surface area contributed by atoms with Gasteiger partial charge in [0.05, 0.1) is 5.69 Å². The van der Waals surface area contributed by atoms with Gasteiger partial charge in [-0.25, -0.2) is 0 Å². The molecule has 0 aromatic carbocycles. The second-order valence-electron chi connectivity index (χ2n) is 3.04. The summed E-state index contributed by atoms with van der Waals surface area (Å²) < 4.78 is 1.98. The van der Waals surface area contributed by atoms with Gasteiger partial charge in [-0.3, -0.25) is 4.79 Å². The zero-order valence-corrected chi connectivity index (χ0v) is 8.55. The van der Waals surface area contributed by atoms with Gasteiger partial charge in [-0.2, -0.15) is 0 Å². The molecule has 1 heterocycles. The average Bonchev–Trinajstić information content (AvgIpc) is 2.53. The first-order valence-corrected chi connectivity index (χ1v) is 5.01. The SMILES string of the molecule is CC(=O)c1cccn1CCCCCl. The molecule has 0 atom stereocenters. The molecule has 2 nitrogen and oxygen atoms in total. The molecule has 1 aromatic heterocycles. The van der Waals surface area contributed by atoms with E-state index in [2.05, 4.69) is 0 Å². The molecule has 0 saturated carbocycles. The van der Waals surface area contributed by atoms with E-state index in [1.54, 1.807) is 6.92 Å². The highest BCUT2D eigenvalue weighted by Crippen LogP contribution is 2.05. The van der Waals surface area contributed by atoms with E-state index < -0.39 is 0 Å². The van der Waals surface area contributed by atoms with Crippen LogP contribution in [0, 0.1) is 0 Å². The zero-order valence-electron chi connectivity index (χ0n) is 7.79. The molecule has 1 aromatic rings. The summed E-state index contributed by atoms with van der Waals surface area (Å²) in [7, 11) is 0. The molecule has 0 saturated heterocycles. The lowest BCUT2D eigenvalue weighted by atomic mass is 10.3. The summed E-state index contributed by atoms with van der Waals surface area (Å²) in [4.78, 5) is 11.1. The summed E-state index contributed by atoms with van der Waals surface area (Å²) in [6, 6.07) is 3.75. The van der Waals surface area contributed by atoms with Crippen LogP contribution in [0.25, 0.3) is 0 Å². The summed E-state index contributed by atoms with van der Waals surface area (Å²) in [5, 5.41) is 0. The third-order valence-corrected chi connectivity index (χ3v) is 2.24. The number of carbonyl (C=O) groups is 1. The van der Waals surface area contributed by atoms with Gasteiger partial charge < -0.3 is 4.57 Å². The number of aryl methyl sites for hydroxylation is 1. The van der Waals surface area contributed by atoms with Crippen LogP contribution < -0.4 is 0 Å². The normalized spacial score (nSPS) is 10.3. The molecule has 0 radical (unpaired) electrons. The van der Waals surface area contributed by atoms with Crippen LogP contribution in [0.1, 0.15) is 30.3 Å². The first-order chi connectivity index (χ1) is 6.25. The van der Waals surface area contributed by atoms with Crippen molar-refractivity contribution in [2.75, 3.05) is 5.88 Å². The van der Waals surface area contributed by atoms with E-state index in [4.69, 9.17) is 11.6 Å². The third kappa shape index (κ3) is 2.88. The Hall–Kier alpha value is -0.760. The van der Waals surface area contributed by atoms with Crippen molar-refractivity contribution in [2.24, 2.45) is 0 Å². The zero-order chi connectivity index (χ0) is 9.68. The molecule has 1 rings (SSSR count). The molecule has 13 heavy (non-hydrogen) atoms. The van der Waals surface area contributed by atoms with E-state index in [0.29, 0.717) is 5.88 Å². The molecule has 0 aliphatic heterocycles. The number of aromatic nitrogens is 1. The number of carbonyl (C=O) groups excluding carboxylic acids is 1. The number of hydrogen-bond donors (Lipinski definition) is 0. The van der Waals surface area contributed by atoms with Gasteiger partial charge in [-0.15, -0.1) is 11.6 Å².